The lowest BCUT2D eigenvalue weighted by Crippen LogP contribution is -2.07. The molecule has 0 aliphatic heterocycles. The molecule has 0 amide bonds. The highest BCUT2D eigenvalue weighted by Crippen LogP contribution is 2.34. The average Bonchev–Trinajstić information content (AvgIpc) is 3.17. The predicted molar refractivity (Wildman–Crippen MR) is 119 cm³/mol. The van der Waals surface area contributed by atoms with Crippen LogP contribution in [0.5, 0.6) is 0 Å². The molecule has 0 unspecified atom stereocenters. The predicted octanol–water partition coefficient (Wildman–Crippen LogP) is 6.50. The van der Waals surface area contributed by atoms with Crippen LogP contribution in [-0.2, 0) is 0 Å². The maximum Gasteiger partial charge on any atom is 0.194 e. The van der Waals surface area contributed by atoms with Gasteiger partial charge in [0.05, 0.1) is 16.2 Å². The van der Waals surface area contributed by atoms with E-state index in [4.69, 9.17) is 11.6 Å². The third-order valence-corrected chi connectivity index (χ3v) is 5.97. The summed E-state index contributed by atoms with van der Waals surface area (Å²) >= 11 is 8.04. The first kappa shape index (κ1) is 18.7. The molecule has 0 bridgehead atoms. The van der Waals surface area contributed by atoms with Gasteiger partial charge in [-0.25, -0.2) is 0 Å². The number of benzene rings is 3. The zero-order valence-electron chi connectivity index (χ0n) is 15.6. The summed E-state index contributed by atoms with van der Waals surface area (Å²) in [7, 11) is 2.01. The van der Waals surface area contributed by atoms with E-state index in [2.05, 4.69) is 27.5 Å². The van der Waals surface area contributed by atoms with Crippen molar-refractivity contribution in [3.8, 4) is 0 Å². The molecule has 1 N–H and O–H groups in total. The second-order valence-corrected chi connectivity index (χ2v) is 8.20. The van der Waals surface area contributed by atoms with E-state index in [0.717, 1.165) is 21.7 Å². The molecule has 0 fully saturated rings. The van der Waals surface area contributed by atoms with Crippen LogP contribution in [0.3, 0.4) is 0 Å². The smallest absolute Gasteiger partial charge is 0.194 e. The summed E-state index contributed by atoms with van der Waals surface area (Å²) in [5, 5.41) is 1.63. The zero-order valence-corrected chi connectivity index (χ0v) is 17.1. The molecule has 4 aromatic rings. The molecule has 0 aliphatic rings. The van der Waals surface area contributed by atoms with E-state index in [9.17, 15) is 4.79 Å². The number of aromatic amines is 1. The summed E-state index contributed by atoms with van der Waals surface area (Å²) in [5.74, 6) is -0.0517. The highest BCUT2D eigenvalue weighted by atomic mass is 35.5. The zero-order chi connectivity index (χ0) is 19.7. The van der Waals surface area contributed by atoms with E-state index in [1.807, 2.05) is 68.7 Å². The molecule has 0 saturated carbocycles. The van der Waals surface area contributed by atoms with E-state index in [0.29, 0.717) is 16.1 Å². The number of carbonyl (C=O) groups excluding carboxylic acids is 1. The molecule has 0 spiro atoms. The Bertz CT molecular complexity index is 1170. The number of hydrogen-bond donors (Lipinski definition) is 1. The molecule has 5 heteroatoms. The standard InChI is InChI=1S/C23H19ClN2OS/c1-15-6-3-4-8-18(15)23(27)19-11-10-17(14-20(19)24)28-26(2)21-9-5-7-16-12-13-25-22(16)21/h3-14,25H,1-2H3. The van der Waals surface area contributed by atoms with Gasteiger partial charge < -0.3 is 9.29 Å². The van der Waals surface area contributed by atoms with Crippen LogP contribution < -0.4 is 4.31 Å². The van der Waals surface area contributed by atoms with Gasteiger partial charge in [0.1, 0.15) is 0 Å². The molecule has 3 aromatic carbocycles. The number of hydrogen-bond acceptors (Lipinski definition) is 3. The van der Waals surface area contributed by atoms with Crippen molar-refractivity contribution in [3.63, 3.8) is 0 Å². The normalized spacial score (nSPS) is 11.0. The van der Waals surface area contributed by atoms with E-state index in [1.54, 1.807) is 11.9 Å². The lowest BCUT2D eigenvalue weighted by molar-refractivity contribution is 0.103. The Morgan fingerprint density at radius 3 is 2.61 bits per heavy atom. The molecule has 0 radical (unpaired) electrons. The molecular weight excluding hydrogens is 388 g/mol. The van der Waals surface area contributed by atoms with Crippen molar-refractivity contribution in [1.82, 2.24) is 4.98 Å². The fraction of sp³-hybridized carbons (Fsp3) is 0.0870. The van der Waals surface area contributed by atoms with Crippen molar-refractivity contribution in [3.05, 3.63) is 94.6 Å². The SMILES string of the molecule is Cc1ccccc1C(=O)c1ccc(SN(C)c2cccc3cc[nH]c23)cc1Cl. The first-order valence-electron chi connectivity index (χ1n) is 8.92. The summed E-state index contributed by atoms with van der Waals surface area (Å²) < 4.78 is 2.09. The molecule has 1 aromatic heterocycles. The van der Waals surface area contributed by atoms with Crippen LogP contribution in [0.25, 0.3) is 10.9 Å². The van der Waals surface area contributed by atoms with Gasteiger partial charge >= 0.3 is 0 Å². The van der Waals surface area contributed by atoms with Crippen molar-refractivity contribution >= 4 is 45.9 Å². The minimum absolute atomic E-state index is 0.0517. The van der Waals surface area contributed by atoms with Gasteiger partial charge in [-0.3, -0.25) is 4.79 Å². The minimum atomic E-state index is -0.0517. The summed E-state index contributed by atoms with van der Waals surface area (Å²) in [6, 6.07) is 21.4. The molecule has 4 rings (SSSR count). The molecule has 0 saturated heterocycles. The third-order valence-electron chi connectivity index (χ3n) is 4.72. The number of fused-ring (bicyclic) bond motifs is 1. The molecule has 0 aliphatic carbocycles. The van der Waals surface area contributed by atoms with E-state index < -0.39 is 0 Å². The number of ketones is 1. The van der Waals surface area contributed by atoms with Gasteiger partial charge in [-0.15, -0.1) is 0 Å². The second-order valence-electron chi connectivity index (χ2n) is 6.59. The minimum Gasteiger partial charge on any atom is -0.359 e. The third kappa shape index (κ3) is 3.53. The van der Waals surface area contributed by atoms with Gasteiger partial charge in [-0.05, 0) is 54.8 Å². The molecule has 3 nitrogen and oxygen atoms in total. The van der Waals surface area contributed by atoms with Gasteiger partial charge in [0, 0.05) is 34.7 Å². The Balaban J connectivity index is 1.59. The van der Waals surface area contributed by atoms with Crippen LogP contribution in [0.15, 0.2) is 77.8 Å². The van der Waals surface area contributed by atoms with Crippen molar-refractivity contribution in [2.24, 2.45) is 0 Å². The molecular formula is C23H19ClN2OS. The van der Waals surface area contributed by atoms with Crippen LogP contribution in [0, 0.1) is 6.92 Å². The molecule has 1 heterocycles. The van der Waals surface area contributed by atoms with Gasteiger partial charge in [-0.2, -0.15) is 0 Å². The number of nitrogens with one attached hydrogen (secondary N) is 1. The number of nitrogens with zero attached hydrogens (tertiary/aromatic N) is 1. The Labute approximate surface area is 173 Å². The lowest BCUT2D eigenvalue weighted by atomic mass is 9.99. The van der Waals surface area contributed by atoms with Crippen molar-refractivity contribution in [2.75, 3.05) is 11.4 Å². The number of carbonyl (C=O) groups is 1. The number of para-hydroxylation sites is 1. The Hall–Kier alpha value is -2.69. The van der Waals surface area contributed by atoms with E-state index in [-0.39, 0.29) is 5.78 Å². The first-order valence-corrected chi connectivity index (χ1v) is 10.1. The Morgan fingerprint density at radius 2 is 1.82 bits per heavy atom. The van der Waals surface area contributed by atoms with Crippen molar-refractivity contribution in [1.29, 1.82) is 0 Å². The summed E-state index contributed by atoms with van der Waals surface area (Å²) in [6.45, 7) is 1.93. The fourth-order valence-electron chi connectivity index (χ4n) is 3.25. The van der Waals surface area contributed by atoms with Gasteiger partial charge in [0.2, 0.25) is 0 Å². The highest BCUT2D eigenvalue weighted by Gasteiger charge is 2.16. The summed E-state index contributed by atoms with van der Waals surface area (Å²) in [6.07, 6.45) is 1.94. The van der Waals surface area contributed by atoms with Crippen molar-refractivity contribution in [2.45, 2.75) is 11.8 Å². The maximum absolute atomic E-state index is 12.9. The van der Waals surface area contributed by atoms with Crippen LogP contribution in [0.4, 0.5) is 5.69 Å². The topological polar surface area (TPSA) is 36.1 Å². The van der Waals surface area contributed by atoms with Crippen LogP contribution >= 0.6 is 23.5 Å². The number of H-pyrrole nitrogens is 1. The maximum atomic E-state index is 12.9. The van der Waals surface area contributed by atoms with Crippen molar-refractivity contribution < 1.29 is 4.79 Å². The van der Waals surface area contributed by atoms with Gasteiger partial charge in [0.15, 0.2) is 5.78 Å². The second kappa shape index (κ2) is 7.74. The van der Waals surface area contributed by atoms with Crippen LogP contribution in [-0.4, -0.2) is 17.8 Å². The molecule has 28 heavy (non-hydrogen) atoms. The van der Waals surface area contributed by atoms with Gasteiger partial charge in [-0.1, -0.05) is 48.0 Å². The fourth-order valence-corrected chi connectivity index (χ4v) is 4.44. The number of aryl methyl sites for hydroxylation is 1. The first-order chi connectivity index (χ1) is 13.5. The monoisotopic (exact) mass is 406 g/mol. The number of aromatic nitrogens is 1. The quantitative estimate of drug-likeness (QED) is 0.303. The number of halogens is 1. The Kier molecular flexibility index (Phi) is 5.16. The number of rotatable bonds is 5. The van der Waals surface area contributed by atoms with Crippen LogP contribution in [0.1, 0.15) is 21.5 Å². The van der Waals surface area contributed by atoms with E-state index >= 15 is 0 Å². The number of anilines is 1. The van der Waals surface area contributed by atoms with Crippen LogP contribution in [0.2, 0.25) is 5.02 Å². The lowest BCUT2D eigenvalue weighted by Gasteiger charge is -2.19. The largest absolute Gasteiger partial charge is 0.359 e. The summed E-state index contributed by atoms with van der Waals surface area (Å²) in [4.78, 5) is 17.1. The highest BCUT2D eigenvalue weighted by molar-refractivity contribution is 8.00. The Morgan fingerprint density at radius 1 is 1.00 bits per heavy atom. The van der Waals surface area contributed by atoms with Gasteiger partial charge in [0.25, 0.3) is 0 Å². The average molecular weight is 407 g/mol. The summed E-state index contributed by atoms with van der Waals surface area (Å²) in [5.41, 5.74) is 4.33. The van der Waals surface area contributed by atoms with E-state index in [1.165, 1.54) is 5.39 Å². The molecule has 0 atom stereocenters. The molecule has 140 valence electrons.